The molecule has 0 spiro atoms. The number of unbranched alkanes of at least 4 members (excludes halogenated alkanes) is 1. The average Bonchev–Trinajstić information content (AvgIpc) is 3.14. The van der Waals surface area contributed by atoms with Crippen molar-refractivity contribution in [2.45, 2.75) is 44.2 Å². The van der Waals surface area contributed by atoms with Crippen molar-refractivity contribution in [2.24, 2.45) is 5.73 Å². The van der Waals surface area contributed by atoms with Crippen LogP contribution in [0.5, 0.6) is 5.75 Å². The van der Waals surface area contributed by atoms with E-state index in [-0.39, 0.29) is 30.4 Å². The van der Waals surface area contributed by atoms with Crippen molar-refractivity contribution in [1.82, 2.24) is 20.5 Å². The lowest BCUT2D eigenvalue weighted by molar-refractivity contribution is -0.137. The molecule has 12 heteroatoms. The van der Waals surface area contributed by atoms with E-state index in [4.69, 9.17) is 5.73 Å². The summed E-state index contributed by atoms with van der Waals surface area (Å²) in [6, 6.07) is 23.3. The van der Waals surface area contributed by atoms with Crippen LogP contribution in [-0.2, 0) is 27.2 Å². The van der Waals surface area contributed by atoms with E-state index in [0.29, 0.717) is 66.5 Å². The molecule has 1 fully saturated rings. The molecule has 3 amide bonds. The normalized spacial score (nSPS) is 14.1. The number of halogens is 2. The number of anilines is 1. The Bertz CT molecular complexity index is 1710. The van der Waals surface area contributed by atoms with Crippen LogP contribution in [-0.4, -0.2) is 77.5 Å². The van der Waals surface area contributed by atoms with Crippen molar-refractivity contribution >= 4 is 55.3 Å². The Morgan fingerprint density at radius 2 is 1.44 bits per heavy atom. The zero-order valence-electron chi connectivity index (χ0n) is 27.7. The maximum atomic E-state index is 14.0. The summed E-state index contributed by atoms with van der Waals surface area (Å²) < 4.78 is 0.901. The number of amides is 3. The lowest BCUT2D eigenvalue weighted by Crippen LogP contribution is -2.58. The highest BCUT2D eigenvalue weighted by atomic mass is 79.9. The minimum Gasteiger partial charge on any atom is -0.506 e. The SMILES string of the molecule is NCCCC[C@H](NC(=O)[C@H](Cc1cc(Br)c(O)c(Br)c1)NC(=O)Cc1ccc(-c2ccccc2)cc1)C(=O)N1CCN(c2ccncc2)CC1. The number of nitrogens with zero attached hydrogens (tertiary/aromatic N) is 3. The number of hydrogen-bond acceptors (Lipinski definition) is 7. The third kappa shape index (κ3) is 10.1. The molecule has 0 bridgehead atoms. The molecule has 2 heterocycles. The molecule has 1 aliphatic rings. The van der Waals surface area contributed by atoms with Crippen LogP contribution in [0.25, 0.3) is 11.1 Å². The van der Waals surface area contributed by atoms with Gasteiger partial charge in [0.25, 0.3) is 0 Å². The Hall–Kier alpha value is -4.26. The van der Waals surface area contributed by atoms with E-state index in [9.17, 15) is 19.5 Å². The number of hydrogen-bond donors (Lipinski definition) is 4. The second kappa shape index (κ2) is 18.1. The van der Waals surface area contributed by atoms with Gasteiger partial charge in [-0.25, -0.2) is 0 Å². The topological polar surface area (TPSA) is 141 Å². The minimum atomic E-state index is -0.984. The van der Waals surface area contributed by atoms with E-state index >= 15 is 0 Å². The van der Waals surface area contributed by atoms with Crippen LogP contribution in [0.4, 0.5) is 5.69 Å². The molecule has 2 atom stereocenters. The zero-order chi connectivity index (χ0) is 35.5. The number of phenols is 1. The second-order valence-corrected chi connectivity index (χ2v) is 14.0. The molecule has 1 aromatic heterocycles. The summed E-state index contributed by atoms with van der Waals surface area (Å²) in [5, 5.41) is 16.2. The molecule has 262 valence electrons. The quantitative estimate of drug-likeness (QED) is 0.128. The first-order chi connectivity index (χ1) is 24.2. The smallest absolute Gasteiger partial charge is 0.245 e. The monoisotopic (exact) mass is 804 g/mol. The van der Waals surface area contributed by atoms with Gasteiger partial charge in [-0.3, -0.25) is 19.4 Å². The van der Waals surface area contributed by atoms with Crippen molar-refractivity contribution in [3.8, 4) is 16.9 Å². The Morgan fingerprint density at radius 1 is 0.800 bits per heavy atom. The number of rotatable bonds is 14. The third-order valence-electron chi connectivity index (χ3n) is 8.77. The van der Waals surface area contributed by atoms with Crippen molar-refractivity contribution < 1.29 is 19.5 Å². The van der Waals surface area contributed by atoms with Gasteiger partial charge in [0, 0.05) is 50.7 Å². The van der Waals surface area contributed by atoms with Gasteiger partial charge in [0.15, 0.2) is 0 Å². The molecule has 0 saturated carbocycles. The second-order valence-electron chi connectivity index (χ2n) is 12.3. The molecule has 10 nitrogen and oxygen atoms in total. The molecular formula is C38H42Br2N6O4. The van der Waals surface area contributed by atoms with Gasteiger partial charge in [-0.05, 0) is 104 Å². The number of nitrogens with one attached hydrogen (secondary N) is 2. The molecule has 1 aliphatic heterocycles. The molecule has 0 aliphatic carbocycles. The summed E-state index contributed by atoms with van der Waals surface area (Å²) in [5.41, 5.74) is 10.4. The lowest BCUT2D eigenvalue weighted by Gasteiger charge is -2.37. The number of phenolic OH excluding ortho intramolecular Hbond substituents is 1. The molecule has 1 saturated heterocycles. The molecule has 5 N–H and O–H groups in total. The summed E-state index contributed by atoms with van der Waals surface area (Å²) in [4.78, 5) is 49.5. The highest BCUT2D eigenvalue weighted by molar-refractivity contribution is 9.11. The zero-order valence-corrected chi connectivity index (χ0v) is 30.9. The van der Waals surface area contributed by atoms with E-state index in [2.05, 4.69) is 52.4 Å². The first-order valence-electron chi connectivity index (χ1n) is 16.8. The molecule has 5 rings (SSSR count). The average molecular weight is 807 g/mol. The third-order valence-corrected chi connectivity index (χ3v) is 9.98. The number of carbonyl (C=O) groups excluding carboxylic acids is 3. The Morgan fingerprint density at radius 3 is 2.08 bits per heavy atom. The summed E-state index contributed by atoms with van der Waals surface area (Å²) in [7, 11) is 0. The van der Waals surface area contributed by atoms with Crippen LogP contribution in [0.3, 0.4) is 0 Å². The van der Waals surface area contributed by atoms with Crippen molar-refractivity contribution in [3.05, 3.63) is 111 Å². The van der Waals surface area contributed by atoms with Gasteiger partial charge in [-0.1, -0.05) is 54.6 Å². The number of nitrogens with two attached hydrogens (primary N) is 1. The fourth-order valence-electron chi connectivity index (χ4n) is 6.04. The molecule has 50 heavy (non-hydrogen) atoms. The van der Waals surface area contributed by atoms with Crippen LogP contribution in [0, 0.1) is 0 Å². The van der Waals surface area contributed by atoms with E-state index in [1.54, 1.807) is 29.4 Å². The van der Waals surface area contributed by atoms with Crippen LogP contribution < -0.4 is 21.3 Å². The van der Waals surface area contributed by atoms with E-state index in [0.717, 1.165) is 22.4 Å². The predicted octanol–water partition coefficient (Wildman–Crippen LogP) is 5.21. The number of aromatic nitrogens is 1. The molecular weight excluding hydrogens is 764 g/mol. The van der Waals surface area contributed by atoms with Gasteiger partial charge in [-0.2, -0.15) is 0 Å². The number of benzene rings is 3. The van der Waals surface area contributed by atoms with Gasteiger partial charge in [0.2, 0.25) is 17.7 Å². The van der Waals surface area contributed by atoms with Crippen molar-refractivity contribution in [2.75, 3.05) is 37.6 Å². The molecule has 0 radical (unpaired) electrons. The minimum absolute atomic E-state index is 0.0346. The summed E-state index contributed by atoms with van der Waals surface area (Å²) in [6.07, 6.45) is 5.52. The Balaban J connectivity index is 1.30. The Labute approximate surface area is 309 Å². The number of piperazine rings is 1. The standard InChI is InChI=1S/C38H42Br2N6O4/c39-31-22-27(23-32(40)36(31)48)24-34(43-35(47)25-26-9-11-29(12-10-26)28-6-2-1-3-7-28)37(49)44-33(8-4-5-15-41)38(50)46-20-18-45(19-21-46)30-13-16-42-17-14-30/h1-3,6-7,9-14,16-17,22-23,33-34,48H,4-5,8,15,18-21,24-25,41H2,(H,43,47)(H,44,49)/t33-,34-/m0/s1. The molecule has 4 aromatic rings. The van der Waals surface area contributed by atoms with E-state index < -0.39 is 18.0 Å². The predicted molar refractivity (Wildman–Crippen MR) is 203 cm³/mol. The highest BCUT2D eigenvalue weighted by Crippen LogP contribution is 2.33. The summed E-state index contributed by atoms with van der Waals surface area (Å²) >= 11 is 6.73. The van der Waals surface area contributed by atoms with E-state index in [1.165, 1.54) is 0 Å². The van der Waals surface area contributed by atoms with Crippen LogP contribution in [0.1, 0.15) is 30.4 Å². The van der Waals surface area contributed by atoms with E-state index in [1.807, 2.05) is 66.7 Å². The maximum absolute atomic E-state index is 14.0. The maximum Gasteiger partial charge on any atom is 0.245 e. The number of pyridine rings is 1. The van der Waals surface area contributed by atoms with Gasteiger partial charge < -0.3 is 31.3 Å². The molecule has 3 aromatic carbocycles. The van der Waals surface area contributed by atoms with Gasteiger partial charge in [0.1, 0.15) is 17.8 Å². The van der Waals surface area contributed by atoms with Gasteiger partial charge >= 0.3 is 0 Å². The number of aromatic hydroxyl groups is 1. The fraction of sp³-hybridized carbons (Fsp3) is 0.316. The first kappa shape index (κ1) is 37.0. The summed E-state index contributed by atoms with van der Waals surface area (Å²) in [5.74, 6) is -0.900. The van der Waals surface area contributed by atoms with Crippen molar-refractivity contribution in [1.29, 1.82) is 0 Å². The lowest BCUT2D eigenvalue weighted by atomic mass is 10.0. The van der Waals surface area contributed by atoms with Gasteiger partial charge in [-0.15, -0.1) is 0 Å². The Kier molecular flexibility index (Phi) is 13.4. The summed E-state index contributed by atoms with van der Waals surface area (Å²) in [6.45, 7) is 2.84. The van der Waals surface area contributed by atoms with Crippen molar-refractivity contribution in [3.63, 3.8) is 0 Å². The van der Waals surface area contributed by atoms with Crippen LogP contribution in [0.15, 0.2) is 100 Å². The van der Waals surface area contributed by atoms with Crippen LogP contribution >= 0.6 is 31.9 Å². The number of carbonyl (C=O) groups is 3. The largest absolute Gasteiger partial charge is 0.506 e. The van der Waals surface area contributed by atoms with Crippen LogP contribution in [0.2, 0.25) is 0 Å². The van der Waals surface area contributed by atoms with Gasteiger partial charge in [0.05, 0.1) is 15.4 Å². The molecule has 0 unspecified atom stereocenters. The highest BCUT2D eigenvalue weighted by Gasteiger charge is 2.31. The first-order valence-corrected chi connectivity index (χ1v) is 18.3. The fourth-order valence-corrected chi connectivity index (χ4v) is 7.32.